The van der Waals surface area contributed by atoms with Gasteiger partial charge >= 0.3 is 0 Å². The summed E-state index contributed by atoms with van der Waals surface area (Å²) in [5.41, 5.74) is 0.570. The number of benzene rings is 1. The third kappa shape index (κ3) is 1.50. The molecule has 4 heteroatoms. The van der Waals surface area contributed by atoms with Crippen LogP contribution in [0.5, 0.6) is 0 Å². The van der Waals surface area contributed by atoms with Crippen LogP contribution in [0.3, 0.4) is 0 Å². The molecule has 1 aliphatic heterocycles. The highest BCUT2D eigenvalue weighted by Gasteiger charge is 2.42. The first-order valence-corrected chi connectivity index (χ1v) is 5.56. The van der Waals surface area contributed by atoms with Gasteiger partial charge < -0.3 is 4.90 Å². The predicted molar refractivity (Wildman–Crippen MR) is 57.0 cm³/mol. The van der Waals surface area contributed by atoms with Crippen molar-refractivity contribution in [3.8, 4) is 0 Å². The second-order valence-corrected chi connectivity index (χ2v) is 4.34. The molecule has 1 N–H and O–H groups in total. The Morgan fingerprint density at radius 3 is 2.75 bits per heavy atom. The highest BCUT2D eigenvalue weighted by atomic mass is 19.1. The van der Waals surface area contributed by atoms with E-state index in [9.17, 15) is 9.18 Å². The van der Waals surface area contributed by atoms with Crippen LogP contribution >= 0.6 is 0 Å². The lowest BCUT2D eigenvalue weighted by Gasteiger charge is -2.24. The summed E-state index contributed by atoms with van der Waals surface area (Å²) in [4.78, 5) is 13.5. The molecule has 2 aliphatic rings. The lowest BCUT2D eigenvalue weighted by molar-refractivity contribution is -0.128. The number of carbonyl (C=O) groups excluding carboxylic acids is 1. The van der Waals surface area contributed by atoms with Crippen molar-refractivity contribution >= 4 is 5.91 Å². The summed E-state index contributed by atoms with van der Waals surface area (Å²) in [7, 11) is 0. The molecule has 0 spiro atoms. The molecule has 2 fully saturated rings. The van der Waals surface area contributed by atoms with Gasteiger partial charge in [0.05, 0.1) is 6.54 Å². The van der Waals surface area contributed by atoms with Crippen LogP contribution < -0.4 is 5.32 Å². The third-order valence-electron chi connectivity index (χ3n) is 3.15. The summed E-state index contributed by atoms with van der Waals surface area (Å²) in [6.45, 7) is 0.315. The van der Waals surface area contributed by atoms with E-state index in [1.54, 1.807) is 23.1 Å². The van der Waals surface area contributed by atoms with Crippen molar-refractivity contribution < 1.29 is 9.18 Å². The standard InChI is InChI=1S/C12H13FN2O/c13-10-4-2-1-3-9(10)12-14-7-11(16)15(12)8-5-6-8/h1-4,8,12,14H,5-7H2. The molecule has 1 aromatic carbocycles. The molecule has 1 saturated carbocycles. The number of halogens is 1. The fraction of sp³-hybridized carbons (Fsp3) is 0.417. The Morgan fingerprint density at radius 2 is 2.06 bits per heavy atom. The van der Waals surface area contributed by atoms with Crippen molar-refractivity contribution in [1.82, 2.24) is 10.2 Å². The summed E-state index contributed by atoms with van der Waals surface area (Å²) in [6.07, 6.45) is 1.80. The van der Waals surface area contributed by atoms with Crippen molar-refractivity contribution in [2.24, 2.45) is 0 Å². The van der Waals surface area contributed by atoms with Gasteiger partial charge in [-0.1, -0.05) is 18.2 Å². The van der Waals surface area contributed by atoms with E-state index >= 15 is 0 Å². The topological polar surface area (TPSA) is 32.3 Å². The normalized spacial score (nSPS) is 25.2. The largest absolute Gasteiger partial charge is 0.319 e. The number of carbonyl (C=O) groups is 1. The average molecular weight is 220 g/mol. The van der Waals surface area contributed by atoms with Gasteiger partial charge in [-0.05, 0) is 18.9 Å². The van der Waals surface area contributed by atoms with Crippen LogP contribution in [0, 0.1) is 5.82 Å². The van der Waals surface area contributed by atoms with Gasteiger partial charge in [0.2, 0.25) is 5.91 Å². The Kier molecular flexibility index (Phi) is 2.17. The second-order valence-electron chi connectivity index (χ2n) is 4.34. The zero-order valence-corrected chi connectivity index (χ0v) is 8.82. The van der Waals surface area contributed by atoms with E-state index in [0.29, 0.717) is 18.2 Å². The maximum Gasteiger partial charge on any atom is 0.238 e. The minimum absolute atomic E-state index is 0.0794. The molecule has 84 valence electrons. The summed E-state index contributed by atoms with van der Waals surface area (Å²) in [6, 6.07) is 6.95. The molecule has 16 heavy (non-hydrogen) atoms. The fourth-order valence-corrected chi connectivity index (χ4v) is 2.24. The Bertz CT molecular complexity index is 431. The molecular formula is C12H13FN2O. The molecule has 1 aromatic rings. The number of rotatable bonds is 2. The minimum atomic E-state index is -0.277. The Labute approximate surface area is 93.2 Å². The number of hydrogen-bond donors (Lipinski definition) is 1. The highest BCUT2D eigenvalue weighted by molar-refractivity contribution is 5.81. The van der Waals surface area contributed by atoms with Gasteiger partial charge in [-0.25, -0.2) is 4.39 Å². The molecule has 1 amide bonds. The predicted octanol–water partition coefficient (Wildman–Crippen LogP) is 1.42. The quantitative estimate of drug-likeness (QED) is 0.817. The van der Waals surface area contributed by atoms with Gasteiger partial charge in [0.1, 0.15) is 12.0 Å². The summed E-state index contributed by atoms with van der Waals surface area (Å²) < 4.78 is 13.6. The van der Waals surface area contributed by atoms with Crippen LogP contribution in [0.2, 0.25) is 0 Å². The van der Waals surface area contributed by atoms with Gasteiger partial charge in [0.15, 0.2) is 0 Å². The molecule has 1 unspecified atom stereocenters. The SMILES string of the molecule is O=C1CNC(c2ccccc2F)N1C1CC1. The summed E-state index contributed by atoms with van der Waals surface area (Å²) in [5.74, 6) is -0.170. The molecule has 1 heterocycles. The smallest absolute Gasteiger partial charge is 0.238 e. The Morgan fingerprint density at radius 1 is 1.31 bits per heavy atom. The minimum Gasteiger partial charge on any atom is -0.319 e. The molecule has 0 radical (unpaired) electrons. The van der Waals surface area contributed by atoms with Crippen molar-refractivity contribution in [2.45, 2.75) is 25.0 Å². The molecule has 0 bridgehead atoms. The van der Waals surface area contributed by atoms with Crippen molar-refractivity contribution in [3.63, 3.8) is 0 Å². The zero-order valence-electron chi connectivity index (χ0n) is 8.82. The molecule has 3 rings (SSSR count). The van der Waals surface area contributed by atoms with Gasteiger partial charge in [0.25, 0.3) is 0 Å². The summed E-state index contributed by atoms with van der Waals surface area (Å²) >= 11 is 0. The zero-order chi connectivity index (χ0) is 11.1. The van der Waals surface area contributed by atoms with E-state index in [2.05, 4.69) is 5.32 Å². The van der Waals surface area contributed by atoms with Gasteiger partial charge in [-0.3, -0.25) is 10.1 Å². The Balaban J connectivity index is 1.94. The van der Waals surface area contributed by atoms with Crippen molar-refractivity contribution in [1.29, 1.82) is 0 Å². The molecule has 0 aromatic heterocycles. The second kappa shape index (κ2) is 3.56. The van der Waals surface area contributed by atoms with E-state index < -0.39 is 0 Å². The van der Waals surface area contributed by atoms with Crippen LogP contribution in [0.4, 0.5) is 4.39 Å². The number of amides is 1. The van der Waals surface area contributed by atoms with E-state index in [1.807, 2.05) is 0 Å². The molecule has 1 atom stereocenters. The molecular weight excluding hydrogens is 207 g/mol. The first-order chi connectivity index (χ1) is 7.77. The highest BCUT2D eigenvalue weighted by Crippen LogP contribution is 2.36. The van der Waals surface area contributed by atoms with Gasteiger partial charge in [-0.2, -0.15) is 0 Å². The maximum atomic E-state index is 13.6. The monoisotopic (exact) mass is 220 g/mol. The first-order valence-electron chi connectivity index (χ1n) is 5.56. The van der Waals surface area contributed by atoms with E-state index in [4.69, 9.17) is 0 Å². The van der Waals surface area contributed by atoms with E-state index in [-0.39, 0.29) is 17.9 Å². The number of nitrogens with zero attached hydrogens (tertiary/aromatic N) is 1. The van der Waals surface area contributed by atoms with E-state index in [1.165, 1.54) is 6.07 Å². The van der Waals surface area contributed by atoms with Gasteiger partial charge in [0, 0.05) is 11.6 Å². The molecule has 1 saturated heterocycles. The average Bonchev–Trinajstić information content (AvgIpc) is 3.04. The van der Waals surface area contributed by atoms with Crippen molar-refractivity contribution in [3.05, 3.63) is 35.6 Å². The van der Waals surface area contributed by atoms with Crippen LogP contribution in [0.25, 0.3) is 0 Å². The van der Waals surface area contributed by atoms with Crippen LogP contribution in [0.15, 0.2) is 24.3 Å². The Hall–Kier alpha value is -1.42. The van der Waals surface area contributed by atoms with Crippen molar-refractivity contribution in [2.75, 3.05) is 6.54 Å². The van der Waals surface area contributed by atoms with Crippen LogP contribution in [-0.2, 0) is 4.79 Å². The lowest BCUT2D eigenvalue weighted by Crippen LogP contribution is -2.32. The third-order valence-corrected chi connectivity index (χ3v) is 3.15. The lowest BCUT2D eigenvalue weighted by atomic mass is 10.1. The maximum absolute atomic E-state index is 13.6. The molecule has 1 aliphatic carbocycles. The number of nitrogens with one attached hydrogen (secondary N) is 1. The first kappa shape index (κ1) is 9.78. The van der Waals surface area contributed by atoms with Gasteiger partial charge in [-0.15, -0.1) is 0 Å². The molecule has 3 nitrogen and oxygen atoms in total. The van der Waals surface area contributed by atoms with Crippen LogP contribution in [-0.4, -0.2) is 23.4 Å². The fourth-order valence-electron chi connectivity index (χ4n) is 2.24. The van der Waals surface area contributed by atoms with E-state index in [0.717, 1.165) is 12.8 Å². The number of hydrogen-bond acceptors (Lipinski definition) is 2. The summed E-state index contributed by atoms with van der Waals surface area (Å²) in [5, 5.41) is 3.07. The van der Waals surface area contributed by atoms with Crippen LogP contribution in [0.1, 0.15) is 24.6 Å².